The number of hydrogen-bond acceptors (Lipinski definition) is 3. The molecule has 2 aliphatic rings. The Morgan fingerprint density at radius 1 is 0.913 bits per heavy atom. The van der Waals surface area contributed by atoms with E-state index >= 15 is 0 Å². The summed E-state index contributed by atoms with van der Waals surface area (Å²) in [7, 11) is 0. The lowest BCUT2D eigenvalue weighted by Crippen LogP contribution is -2.56. The molecule has 1 aliphatic carbocycles. The Bertz CT molecular complexity index is 789. The van der Waals surface area contributed by atoms with Crippen molar-refractivity contribution >= 4 is 0 Å². The first-order valence-electron chi connectivity index (χ1n) is 7.94. The standard InChI is InChI=1S/C20H17N3/c21-10-18-6-16-8-20(9-17(16)7-19(18)11-22)13-23(14-20)12-15-4-2-1-3-5-15/h1-7H,8-9,12-14H2. The number of nitriles is 2. The zero-order valence-electron chi connectivity index (χ0n) is 12.9. The predicted octanol–water partition coefficient (Wildman–Crippen LogP) is 3.03. The van der Waals surface area contributed by atoms with Crippen LogP contribution in [0, 0.1) is 28.1 Å². The second-order valence-corrected chi connectivity index (χ2v) is 6.87. The molecule has 0 radical (unpaired) electrons. The summed E-state index contributed by atoms with van der Waals surface area (Å²) in [6.45, 7) is 3.20. The summed E-state index contributed by atoms with van der Waals surface area (Å²) in [5, 5.41) is 18.4. The van der Waals surface area contributed by atoms with Gasteiger partial charge in [0.2, 0.25) is 0 Å². The fourth-order valence-electron chi connectivity index (χ4n) is 4.15. The smallest absolute Gasteiger partial charge is 0.101 e. The van der Waals surface area contributed by atoms with Crippen LogP contribution in [0.3, 0.4) is 0 Å². The van der Waals surface area contributed by atoms with E-state index < -0.39 is 0 Å². The van der Waals surface area contributed by atoms with Crippen molar-refractivity contribution in [3.63, 3.8) is 0 Å². The highest BCUT2D eigenvalue weighted by molar-refractivity contribution is 5.52. The van der Waals surface area contributed by atoms with E-state index in [2.05, 4.69) is 41.3 Å². The average Bonchev–Trinajstić information content (AvgIpc) is 2.92. The molecule has 112 valence electrons. The molecule has 4 rings (SSSR count). The predicted molar refractivity (Wildman–Crippen MR) is 87.4 cm³/mol. The molecule has 1 spiro atoms. The second kappa shape index (κ2) is 5.23. The molecule has 0 unspecified atom stereocenters. The summed E-state index contributed by atoms with van der Waals surface area (Å²) in [6, 6.07) is 18.7. The Morgan fingerprint density at radius 2 is 1.48 bits per heavy atom. The van der Waals surface area contributed by atoms with Crippen molar-refractivity contribution in [1.29, 1.82) is 10.5 Å². The van der Waals surface area contributed by atoms with Gasteiger partial charge in [-0.2, -0.15) is 10.5 Å². The Labute approximate surface area is 136 Å². The van der Waals surface area contributed by atoms with Gasteiger partial charge in [0.25, 0.3) is 0 Å². The Morgan fingerprint density at radius 3 is 2.00 bits per heavy atom. The number of fused-ring (bicyclic) bond motifs is 1. The van der Waals surface area contributed by atoms with Crippen molar-refractivity contribution in [3.05, 3.63) is 70.3 Å². The third kappa shape index (κ3) is 2.40. The summed E-state index contributed by atoms with van der Waals surface area (Å²) >= 11 is 0. The monoisotopic (exact) mass is 299 g/mol. The molecule has 0 N–H and O–H groups in total. The van der Waals surface area contributed by atoms with Crippen LogP contribution >= 0.6 is 0 Å². The van der Waals surface area contributed by atoms with Crippen LogP contribution in [0.1, 0.15) is 27.8 Å². The highest BCUT2D eigenvalue weighted by Crippen LogP contribution is 2.45. The molecule has 0 atom stereocenters. The van der Waals surface area contributed by atoms with Crippen LogP contribution in [-0.2, 0) is 19.4 Å². The SMILES string of the molecule is N#Cc1cc2c(cc1C#N)CC1(C2)CN(Cc2ccccc2)C1. The van der Waals surface area contributed by atoms with Crippen LogP contribution in [0.25, 0.3) is 0 Å². The molecule has 3 heteroatoms. The van der Waals surface area contributed by atoms with E-state index in [1.807, 2.05) is 18.2 Å². The molecular weight excluding hydrogens is 282 g/mol. The van der Waals surface area contributed by atoms with Gasteiger partial charge in [-0.1, -0.05) is 30.3 Å². The first kappa shape index (κ1) is 14.0. The molecule has 1 fully saturated rings. The topological polar surface area (TPSA) is 50.8 Å². The van der Waals surface area contributed by atoms with E-state index in [0.717, 1.165) is 32.5 Å². The molecule has 0 bridgehead atoms. The minimum absolute atomic E-state index is 0.317. The van der Waals surface area contributed by atoms with Crippen molar-refractivity contribution in [1.82, 2.24) is 4.90 Å². The number of nitrogens with zero attached hydrogens (tertiary/aromatic N) is 3. The van der Waals surface area contributed by atoms with E-state index in [9.17, 15) is 10.5 Å². The molecule has 2 aromatic carbocycles. The Balaban J connectivity index is 1.48. The third-order valence-corrected chi connectivity index (χ3v) is 5.08. The lowest BCUT2D eigenvalue weighted by atomic mass is 9.77. The number of benzene rings is 2. The second-order valence-electron chi connectivity index (χ2n) is 6.87. The van der Waals surface area contributed by atoms with Gasteiger partial charge in [0.15, 0.2) is 0 Å². The maximum atomic E-state index is 9.18. The number of likely N-dealkylation sites (tertiary alicyclic amines) is 1. The van der Waals surface area contributed by atoms with Gasteiger partial charge in [-0.3, -0.25) is 4.90 Å². The van der Waals surface area contributed by atoms with Crippen molar-refractivity contribution < 1.29 is 0 Å². The van der Waals surface area contributed by atoms with E-state index in [-0.39, 0.29) is 0 Å². The fourth-order valence-corrected chi connectivity index (χ4v) is 4.15. The van der Waals surface area contributed by atoms with Gasteiger partial charge in [0.05, 0.1) is 11.1 Å². The molecule has 3 nitrogen and oxygen atoms in total. The van der Waals surface area contributed by atoms with Gasteiger partial charge >= 0.3 is 0 Å². The molecule has 1 saturated heterocycles. The van der Waals surface area contributed by atoms with Crippen molar-refractivity contribution in [3.8, 4) is 12.1 Å². The number of rotatable bonds is 2. The van der Waals surface area contributed by atoms with Crippen LogP contribution in [-0.4, -0.2) is 18.0 Å². The maximum absolute atomic E-state index is 9.18. The molecule has 2 aromatic rings. The highest BCUT2D eigenvalue weighted by atomic mass is 15.2. The van der Waals surface area contributed by atoms with Crippen molar-refractivity contribution in [2.24, 2.45) is 5.41 Å². The largest absolute Gasteiger partial charge is 0.298 e. The van der Waals surface area contributed by atoms with Crippen LogP contribution in [0.4, 0.5) is 0 Å². The van der Waals surface area contributed by atoms with E-state index in [1.165, 1.54) is 16.7 Å². The van der Waals surface area contributed by atoms with Gasteiger partial charge in [0, 0.05) is 25.0 Å². The summed E-state index contributed by atoms with van der Waals surface area (Å²) in [6.07, 6.45) is 2.07. The lowest BCUT2D eigenvalue weighted by molar-refractivity contribution is 0.00243. The molecule has 0 amide bonds. The zero-order chi connectivity index (χ0) is 15.9. The summed E-state index contributed by atoms with van der Waals surface area (Å²) in [4.78, 5) is 2.48. The Hall–Kier alpha value is -2.62. The van der Waals surface area contributed by atoms with E-state index in [4.69, 9.17) is 0 Å². The van der Waals surface area contributed by atoms with Crippen LogP contribution in [0.15, 0.2) is 42.5 Å². The minimum Gasteiger partial charge on any atom is -0.298 e. The molecule has 1 heterocycles. The van der Waals surface area contributed by atoms with E-state index in [0.29, 0.717) is 16.5 Å². The molecule has 0 saturated carbocycles. The first-order chi connectivity index (χ1) is 11.2. The molecular formula is C20H17N3. The van der Waals surface area contributed by atoms with Gasteiger partial charge < -0.3 is 0 Å². The molecule has 1 aliphatic heterocycles. The third-order valence-electron chi connectivity index (χ3n) is 5.08. The van der Waals surface area contributed by atoms with Crippen molar-refractivity contribution in [2.45, 2.75) is 19.4 Å². The van der Waals surface area contributed by atoms with Crippen LogP contribution in [0.5, 0.6) is 0 Å². The van der Waals surface area contributed by atoms with Gasteiger partial charge in [-0.15, -0.1) is 0 Å². The Kier molecular flexibility index (Phi) is 3.18. The summed E-state index contributed by atoms with van der Waals surface area (Å²) in [5.74, 6) is 0. The minimum atomic E-state index is 0.317. The highest BCUT2D eigenvalue weighted by Gasteiger charge is 2.46. The summed E-state index contributed by atoms with van der Waals surface area (Å²) in [5.41, 5.74) is 5.24. The quantitative estimate of drug-likeness (QED) is 0.856. The zero-order valence-corrected chi connectivity index (χ0v) is 12.9. The van der Waals surface area contributed by atoms with Crippen LogP contribution < -0.4 is 0 Å². The maximum Gasteiger partial charge on any atom is 0.101 e. The average molecular weight is 299 g/mol. The van der Waals surface area contributed by atoms with Crippen LogP contribution in [0.2, 0.25) is 0 Å². The normalized spacial score (nSPS) is 18.0. The molecule has 0 aromatic heterocycles. The van der Waals surface area contributed by atoms with E-state index in [1.54, 1.807) is 0 Å². The van der Waals surface area contributed by atoms with Gasteiger partial charge in [-0.25, -0.2) is 0 Å². The fraction of sp³-hybridized carbons (Fsp3) is 0.300. The summed E-state index contributed by atoms with van der Waals surface area (Å²) < 4.78 is 0. The van der Waals surface area contributed by atoms with Crippen molar-refractivity contribution in [2.75, 3.05) is 13.1 Å². The molecule has 23 heavy (non-hydrogen) atoms. The van der Waals surface area contributed by atoms with Gasteiger partial charge in [0.1, 0.15) is 12.1 Å². The van der Waals surface area contributed by atoms with Gasteiger partial charge in [-0.05, 0) is 41.7 Å². The lowest BCUT2D eigenvalue weighted by Gasteiger charge is -2.48. The number of hydrogen-bond donors (Lipinski definition) is 0. The first-order valence-corrected chi connectivity index (χ1v) is 7.94.